The fourth-order valence-corrected chi connectivity index (χ4v) is 4.19. The van der Waals surface area contributed by atoms with Gasteiger partial charge in [0, 0.05) is 25.3 Å². The van der Waals surface area contributed by atoms with Crippen molar-refractivity contribution >= 4 is 43.7 Å². The average molecular weight is 294 g/mol. The van der Waals surface area contributed by atoms with Crippen LogP contribution in [0.2, 0.25) is 5.02 Å². The first-order valence-corrected chi connectivity index (χ1v) is 7.77. The molecule has 1 atom stereocenters. The molecule has 0 saturated heterocycles. The Balaban J connectivity index is 1.80. The lowest BCUT2D eigenvalue weighted by Gasteiger charge is -2.09. The Morgan fingerprint density at radius 2 is 1.89 bits per heavy atom. The van der Waals surface area contributed by atoms with Crippen molar-refractivity contribution in [3.05, 3.63) is 57.2 Å². The third-order valence-electron chi connectivity index (χ3n) is 2.89. The molecule has 0 radical (unpaired) electrons. The molecule has 0 fully saturated rings. The molecule has 2 aromatic heterocycles. The zero-order chi connectivity index (χ0) is 12.5. The number of nitrogens with two attached hydrogens (primary N) is 1. The molecule has 2 heterocycles. The zero-order valence-corrected chi connectivity index (χ0v) is 12.0. The summed E-state index contributed by atoms with van der Waals surface area (Å²) in [6.07, 6.45) is 0.852. The van der Waals surface area contributed by atoms with Crippen LogP contribution in [-0.2, 0) is 6.42 Å². The Bertz CT molecular complexity index is 625. The van der Waals surface area contributed by atoms with Gasteiger partial charge in [0.1, 0.15) is 0 Å². The van der Waals surface area contributed by atoms with Crippen molar-refractivity contribution in [1.82, 2.24) is 0 Å². The molecule has 1 nitrogen and oxygen atoms in total. The smallest absolute Gasteiger partial charge is 0.0454 e. The number of halogens is 1. The molecule has 0 saturated carbocycles. The fourth-order valence-electron chi connectivity index (χ4n) is 1.94. The fraction of sp³-hybridized carbons (Fsp3) is 0.143. The van der Waals surface area contributed by atoms with E-state index in [0.29, 0.717) is 0 Å². The van der Waals surface area contributed by atoms with Gasteiger partial charge in [0.15, 0.2) is 0 Å². The van der Waals surface area contributed by atoms with Crippen molar-refractivity contribution < 1.29 is 0 Å². The maximum atomic E-state index is 6.27. The van der Waals surface area contributed by atoms with Crippen LogP contribution in [0.1, 0.15) is 16.5 Å². The first-order chi connectivity index (χ1) is 8.72. The molecule has 3 rings (SSSR count). The van der Waals surface area contributed by atoms with Crippen LogP contribution in [0.15, 0.2) is 41.8 Å². The number of hydrogen-bond donors (Lipinski definition) is 1. The molecule has 1 aromatic carbocycles. The summed E-state index contributed by atoms with van der Waals surface area (Å²) < 4.78 is 2.67. The van der Waals surface area contributed by atoms with Crippen molar-refractivity contribution in [2.75, 3.05) is 0 Å². The minimum absolute atomic E-state index is 0.0655. The second-order valence-electron chi connectivity index (χ2n) is 4.23. The highest BCUT2D eigenvalue weighted by atomic mass is 35.5. The quantitative estimate of drug-likeness (QED) is 0.733. The van der Waals surface area contributed by atoms with Crippen molar-refractivity contribution in [1.29, 1.82) is 0 Å². The normalized spacial score (nSPS) is 13.0. The maximum absolute atomic E-state index is 6.27. The van der Waals surface area contributed by atoms with Crippen LogP contribution in [-0.4, -0.2) is 0 Å². The van der Waals surface area contributed by atoms with Gasteiger partial charge in [-0.05, 0) is 41.6 Å². The second kappa shape index (κ2) is 5.02. The van der Waals surface area contributed by atoms with E-state index in [1.807, 2.05) is 24.3 Å². The van der Waals surface area contributed by atoms with E-state index in [1.165, 1.54) is 19.8 Å². The Kier molecular flexibility index (Phi) is 3.39. The first-order valence-electron chi connectivity index (χ1n) is 5.69. The average Bonchev–Trinajstić information content (AvgIpc) is 2.92. The molecule has 1 unspecified atom stereocenters. The Morgan fingerprint density at radius 1 is 1.11 bits per heavy atom. The van der Waals surface area contributed by atoms with Gasteiger partial charge >= 0.3 is 0 Å². The summed E-state index contributed by atoms with van der Waals surface area (Å²) in [7, 11) is 0. The van der Waals surface area contributed by atoms with E-state index in [2.05, 4.69) is 17.5 Å². The molecule has 0 aliphatic heterocycles. The molecule has 2 N–H and O–H groups in total. The van der Waals surface area contributed by atoms with Crippen LogP contribution in [0.4, 0.5) is 0 Å². The highest BCUT2D eigenvalue weighted by Gasteiger charge is 2.11. The Labute approximate surface area is 119 Å². The van der Waals surface area contributed by atoms with E-state index in [-0.39, 0.29) is 6.04 Å². The Hall–Kier alpha value is -0.870. The second-order valence-corrected chi connectivity index (χ2v) is 6.73. The van der Waals surface area contributed by atoms with Gasteiger partial charge in [0.05, 0.1) is 0 Å². The predicted octanol–water partition coefficient (Wildman–Crippen LogP) is 4.86. The lowest BCUT2D eigenvalue weighted by Crippen LogP contribution is -2.11. The molecule has 3 aromatic rings. The van der Waals surface area contributed by atoms with Crippen LogP contribution in [0.3, 0.4) is 0 Å². The summed E-state index contributed by atoms with van der Waals surface area (Å²) in [4.78, 5) is 1.26. The van der Waals surface area contributed by atoms with Gasteiger partial charge in [0.25, 0.3) is 0 Å². The summed E-state index contributed by atoms with van der Waals surface area (Å²) in [5.74, 6) is 0. The van der Waals surface area contributed by atoms with Gasteiger partial charge in [-0.3, -0.25) is 0 Å². The van der Waals surface area contributed by atoms with Crippen LogP contribution in [0.25, 0.3) is 9.40 Å². The summed E-state index contributed by atoms with van der Waals surface area (Å²) in [5.41, 5.74) is 7.50. The van der Waals surface area contributed by atoms with Crippen molar-refractivity contribution in [3.8, 4) is 0 Å². The lowest BCUT2D eigenvalue weighted by atomic mass is 10.1. The largest absolute Gasteiger partial charge is 0.323 e. The molecular formula is C14H12ClNS2. The molecule has 0 amide bonds. The number of thiophene rings is 2. The topological polar surface area (TPSA) is 26.0 Å². The van der Waals surface area contributed by atoms with E-state index < -0.39 is 0 Å². The van der Waals surface area contributed by atoms with Gasteiger partial charge in [-0.2, -0.15) is 0 Å². The molecule has 4 heteroatoms. The molecule has 0 aliphatic rings. The third-order valence-corrected chi connectivity index (χ3v) is 5.37. The van der Waals surface area contributed by atoms with Crippen molar-refractivity contribution in [3.63, 3.8) is 0 Å². The number of hydrogen-bond acceptors (Lipinski definition) is 3. The predicted molar refractivity (Wildman–Crippen MR) is 81.8 cm³/mol. The molecular weight excluding hydrogens is 282 g/mol. The minimum atomic E-state index is 0.0655. The van der Waals surface area contributed by atoms with E-state index in [1.54, 1.807) is 22.7 Å². The highest BCUT2D eigenvalue weighted by Crippen LogP contribution is 2.33. The first kappa shape index (κ1) is 12.2. The van der Waals surface area contributed by atoms with Crippen LogP contribution < -0.4 is 5.73 Å². The van der Waals surface area contributed by atoms with Gasteiger partial charge in [0.2, 0.25) is 0 Å². The third kappa shape index (κ3) is 2.45. The number of rotatable bonds is 3. The van der Waals surface area contributed by atoms with Gasteiger partial charge in [-0.1, -0.05) is 23.7 Å². The van der Waals surface area contributed by atoms with Crippen molar-refractivity contribution in [2.45, 2.75) is 12.5 Å². The molecule has 92 valence electrons. The van der Waals surface area contributed by atoms with E-state index in [4.69, 9.17) is 17.3 Å². The minimum Gasteiger partial charge on any atom is -0.323 e. The van der Waals surface area contributed by atoms with Crippen LogP contribution in [0.5, 0.6) is 0 Å². The molecule has 0 bridgehead atoms. The van der Waals surface area contributed by atoms with E-state index >= 15 is 0 Å². The monoisotopic (exact) mass is 293 g/mol. The summed E-state index contributed by atoms with van der Waals surface area (Å²) in [6.45, 7) is 0. The van der Waals surface area contributed by atoms with Crippen LogP contribution >= 0.6 is 34.3 Å². The zero-order valence-electron chi connectivity index (χ0n) is 9.60. The van der Waals surface area contributed by atoms with Crippen molar-refractivity contribution in [2.24, 2.45) is 5.73 Å². The summed E-state index contributed by atoms with van der Waals surface area (Å²) in [6, 6.07) is 12.3. The highest BCUT2D eigenvalue weighted by molar-refractivity contribution is 7.26. The van der Waals surface area contributed by atoms with Gasteiger partial charge < -0.3 is 5.73 Å². The Morgan fingerprint density at radius 3 is 2.61 bits per heavy atom. The molecule has 0 spiro atoms. The van der Waals surface area contributed by atoms with Gasteiger partial charge in [-0.25, -0.2) is 0 Å². The summed E-state index contributed by atoms with van der Waals surface area (Å²) >= 11 is 9.44. The number of fused-ring (bicyclic) bond motifs is 1. The lowest BCUT2D eigenvalue weighted by molar-refractivity contribution is 0.737. The summed E-state index contributed by atoms with van der Waals surface area (Å²) in [5, 5.41) is 2.89. The molecule has 18 heavy (non-hydrogen) atoms. The van der Waals surface area contributed by atoms with Crippen LogP contribution in [0, 0.1) is 0 Å². The standard InChI is InChI=1S/C14H12ClNS2/c15-10-3-1-9(2-4-10)7-11(16)13-8-14-12(18-13)5-6-17-14/h1-6,8,11H,7,16H2. The SMILES string of the molecule is NC(Cc1ccc(Cl)cc1)c1cc2sccc2s1. The maximum Gasteiger partial charge on any atom is 0.0454 e. The number of benzene rings is 1. The van der Waals surface area contributed by atoms with E-state index in [9.17, 15) is 0 Å². The van der Waals surface area contributed by atoms with Gasteiger partial charge in [-0.15, -0.1) is 22.7 Å². The molecule has 0 aliphatic carbocycles. The van der Waals surface area contributed by atoms with E-state index in [0.717, 1.165) is 11.4 Å².